The largest absolute Gasteiger partial charge is 0.544 e. The number of thioether (sulfide) groups is 1. The predicted molar refractivity (Wildman–Crippen MR) is 87.2 cm³/mol. The number of carbonyl (C=O) groups excluding carboxylic acids is 1. The van der Waals surface area contributed by atoms with Gasteiger partial charge in [-0.3, -0.25) is 5.10 Å². The van der Waals surface area contributed by atoms with Gasteiger partial charge >= 0.3 is 0 Å². The Morgan fingerprint density at radius 3 is 2.57 bits per heavy atom. The van der Waals surface area contributed by atoms with Gasteiger partial charge in [0.1, 0.15) is 17.3 Å². The number of nitrogens with one attached hydrogen (secondary N) is 1. The van der Waals surface area contributed by atoms with Crippen LogP contribution in [0.2, 0.25) is 0 Å². The fourth-order valence-corrected chi connectivity index (χ4v) is 3.00. The number of benzene rings is 1. The van der Waals surface area contributed by atoms with Crippen LogP contribution in [0.1, 0.15) is 11.4 Å². The van der Waals surface area contributed by atoms with E-state index in [0.29, 0.717) is 32.5 Å². The number of methoxy groups -OCH3 is 2. The van der Waals surface area contributed by atoms with Crippen molar-refractivity contribution in [1.82, 2.24) is 15.2 Å². The Morgan fingerprint density at radius 2 is 2.04 bits per heavy atom. The number of carbonyl (C=O) groups is 1. The number of aliphatic carboxylic acids is 1. The number of carboxylic acids is 1. The summed E-state index contributed by atoms with van der Waals surface area (Å²) in [7, 11) is 3.02. The van der Waals surface area contributed by atoms with Gasteiger partial charge in [0.15, 0.2) is 0 Å². The molecule has 0 aliphatic carbocycles. The van der Waals surface area contributed by atoms with Crippen LogP contribution in [-0.2, 0) is 4.79 Å². The molecule has 0 radical (unpaired) electrons. The molecule has 9 heteroatoms. The molecule has 0 atom stereocenters. The Kier molecular flexibility index (Phi) is 5.67. The minimum atomic E-state index is -1.33. The summed E-state index contributed by atoms with van der Waals surface area (Å²) in [5, 5.41) is 18.2. The Labute approximate surface area is 145 Å². The van der Waals surface area contributed by atoms with E-state index in [-0.39, 0.29) is 4.91 Å². The molecule has 23 heavy (non-hydrogen) atoms. The molecule has 0 aliphatic heterocycles. The second-order valence-electron chi connectivity index (χ2n) is 4.33. The average Bonchev–Trinajstić information content (AvgIpc) is 2.92. The number of hydrogen-bond acceptors (Lipinski definition) is 7. The van der Waals surface area contributed by atoms with Gasteiger partial charge in [0.2, 0.25) is 5.16 Å². The molecule has 0 unspecified atom stereocenters. The highest BCUT2D eigenvalue weighted by molar-refractivity contribution is 9.10. The third-order valence-corrected chi connectivity index (χ3v) is 4.26. The SMILES string of the molecule is COc1cc(OC)c(/C=C(\Sc2n[nH]c(C)n2)C(=O)[O-])cc1Br. The number of nitrogens with zero attached hydrogens (tertiary/aromatic N) is 2. The minimum Gasteiger partial charge on any atom is -0.544 e. The zero-order valence-electron chi connectivity index (χ0n) is 12.5. The van der Waals surface area contributed by atoms with E-state index in [1.165, 1.54) is 20.3 Å². The van der Waals surface area contributed by atoms with Crippen molar-refractivity contribution < 1.29 is 19.4 Å². The van der Waals surface area contributed by atoms with Crippen LogP contribution in [0.3, 0.4) is 0 Å². The number of aromatic amines is 1. The van der Waals surface area contributed by atoms with E-state index in [4.69, 9.17) is 9.47 Å². The van der Waals surface area contributed by atoms with Crippen LogP contribution in [0.5, 0.6) is 11.5 Å². The van der Waals surface area contributed by atoms with Crippen molar-refractivity contribution in [3.05, 3.63) is 32.9 Å². The second kappa shape index (κ2) is 7.51. The highest BCUT2D eigenvalue weighted by Gasteiger charge is 2.12. The lowest BCUT2D eigenvalue weighted by Crippen LogP contribution is -2.23. The van der Waals surface area contributed by atoms with Gasteiger partial charge in [0, 0.05) is 16.5 Å². The summed E-state index contributed by atoms with van der Waals surface area (Å²) in [4.78, 5) is 15.4. The quantitative estimate of drug-likeness (QED) is 0.584. The van der Waals surface area contributed by atoms with E-state index in [2.05, 4.69) is 31.1 Å². The summed E-state index contributed by atoms with van der Waals surface area (Å²) in [5.74, 6) is 0.309. The molecule has 0 amide bonds. The second-order valence-corrected chi connectivity index (χ2v) is 6.19. The average molecular weight is 399 g/mol. The Balaban J connectivity index is 2.42. The first kappa shape index (κ1) is 17.4. The van der Waals surface area contributed by atoms with Gasteiger partial charge < -0.3 is 19.4 Å². The Morgan fingerprint density at radius 1 is 1.35 bits per heavy atom. The molecule has 7 nitrogen and oxygen atoms in total. The molecule has 1 aromatic carbocycles. The van der Waals surface area contributed by atoms with Gasteiger partial charge in [-0.25, -0.2) is 4.98 Å². The van der Waals surface area contributed by atoms with Gasteiger partial charge in [-0.1, -0.05) is 0 Å². The summed E-state index contributed by atoms with van der Waals surface area (Å²) in [6, 6.07) is 3.36. The summed E-state index contributed by atoms with van der Waals surface area (Å²) in [5.41, 5.74) is 0.555. The molecular weight excluding hydrogens is 386 g/mol. The molecule has 1 N–H and O–H groups in total. The normalized spacial score (nSPS) is 11.4. The van der Waals surface area contributed by atoms with Gasteiger partial charge in [0.05, 0.1) is 24.7 Å². The van der Waals surface area contributed by atoms with Crippen molar-refractivity contribution in [3.8, 4) is 11.5 Å². The van der Waals surface area contributed by atoms with Gasteiger partial charge in [-0.05, 0) is 46.8 Å². The van der Waals surface area contributed by atoms with Crippen molar-refractivity contribution >= 4 is 39.7 Å². The van der Waals surface area contributed by atoms with Crippen molar-refractivity contribution in [2.75, 3.05) is 14.2 Å². The number of H-pyrrole nitrogens is 1. The zero-order chi connectivity index (χ0) is 17.0. The molecule has 0 fully saturated rings. The van der Waals surface area contributed by atoms with E-state index in [1.807, 2.05) is 0 Å². The van der Waals surface area contributed by atoms with E-state index in [0.717, 1.165) is 11.8 Å². The Bertz CT molecular complexity index is 760. The van der Waals surface area contributed by atoms with Crippen LogP contribution < -0.4 is 14.6 Å². The molecule has 0 saturated carbocycles. The highest BCUT2D eigenvalue weighted by atomic mass is 79.9. The lowest BCUT2D eigenvalue weighted by Gasteiger charge is -2.12. The molecular formula is C14H13BrN3O4S-. The van der Waals surface area contributed by atoms with E-state index in [9.17, 15) is 9.90 Å². The predicted octanol–water partition coefficient (Wildman–Crippen LogP) is 1.78. The first-order valence-corrected chi connectivity index (χ1v) is 7.97. The van der Waals surface area contributed by atoms with E-state index >= 15 is 0 Å². The van der Waals surface area contributed by atoms with Crippen LogP contribution in [0, 0.1) is 6.92 Å². The maximum atomic E-state index is 11.4. The zero-order valence-corrected chi connectivity index (χ0v) is 14.9. The van der Waals surface area contributed by atoms with Crippen LogP contribution in [0.25, 0.3) is 6.08 Å². The first-order chi connectivity index (χ1) is 10.9. The lowest BCUT2D eigenvalue weighted by atomic mass is 10.1. The maximum absolute atomic E-state index is 11.4. The number of carboxylic acid groups (broad SMARTS) is 1. The van der Waals surface area contributed by atoms with E-state index in [1.54, 1.807) is 19.1 Å². The summed E-state index contributed by atoms with van der Waals surface area (Å²) < 4.78 is 11.1. The minimum absolute atomic E-state index is 0.0423. The molecule has 1 aromatic heterocycles. The number of ether oxygens (including phenoxy) is 2. The third kappa shape index (κ3) is 4.26. The van der Waals surface area contributed by atoms with Crippen LogP contribution in [-0.4, -0.2) is 35.4 Å². The van der Waals surface area contributed by atoms with E-state index < -0.39 is 5.97 Å². The van der Waals surface area contributed by atoms with Gasteiger partial charge in [0.25, 0.3) is 0 Å². The number of rotatable bonds is 6. The molecule has 0 bridgehead atoms. The molecule has 0 saturated heterocycles. The van der Waals surface area contributed by atoms with Gasteiger partial charge in [-0.15, -0.1) is 5.10 Å². The fourth-order valence-electron chi connectivity index (χ4n) is 1.73. The van der Waals surface area contributed by atoms with Gasteiger partial charge in [-0.2, -0.15) is 0 Å². The summed E-state index contributed by atoms with van der Waals surface area (Å²) in [6.07, 6.45) is 1.44. The number of aromatic nitrogens is 3. The van der Waals surface area contributed by atoms with Crippen LogP contribution in [0.15, 0.2) is 26.7 Å². The molecule has 0 aliphatic rings. The van der Waals surface area contributed by atoms with Crippen molar-refractivity contribution in [2.24, 2.45) is 0 Å². The third-order valence-electron chi connectivity index (χ3n) is 2.77. The van der Waals surface area contributed by atoms with Crippen LogP contribution in [0.4, 0.5) is 0 Å². The standard InChI is InChI=1S/C14H14BrN3O4S/c1-7-16-14(18-17-7)23-12(13(19)20)5-8-4-9(15)11(22-3)6-10(8)21-2/h4-6H,1-3H3,(H,19,20)(H,16,17,18)/p-1/b12-5-. The Hall–Kier alpha value is -2.00. The fraction of sp³-hybridized carbons (Fsp3) is 0.214. The molecule has 0 spiro atoms. The van der Waals surface area contributed by atoms with Crippen LogP contribution >= 0.6 is 27.7 Å². The molecule has 1 heterocycles. The molecule has 2 rings (SSSR count). The maximum Gasteiger partial charge on any atom is 0.213 e. The first-order valence-electron chi connectivity index (χ1n) is 6.36. The monoisotopic (exact) mass is 398 g/mol. The number of hydrogen-bond donors (Lipinski definition) is 1. The molecule has 122 valence electrons. The number of aryl methyl sites for hydroxylation is 1. The summed E-state index contributed by atoms with van der Waals surface area (Å²) in [6.45, 7) is 1.73. The van der Waals surface area contributed by atoms with Crippen molar-refractivity contribution in [2.45, 2.75) is 12.1 Å². The topological polar surface area (TPSA) is 100 Å². The van der Waals surface area contributed by atoms with Crippen molar-refractivity contribution in [3.63, 3.8) is 0 Å². The number of halogens is 1. The summed E-state index contributed by atoms with van der Waals surface area (Å²) >= 11 is 4.25. The highest BCUT2D eigenvalue weighted by Crippen LogP contribution is 2.35. The lowest BCUT2D eigenvalue weighted by molar-refractivity contribution is -0.297. The smallest absolute Gasteiger partial charge is 0.213 e. The molecule has 2 aromatic rings. The van der Waals surface area contributed by atoms with Crippen molar-refractivity contribution in [1.29, 1.82) is 0 Å².